The summed E-state index contributed by atoms with van der Waals surface area (Å²) < 4.78 is 44.5. The number of hydrogen-bond donors (Lipinski definition) is 3. The van der Waals surface area contributed by atoms with E-state index in [0.29, 0.717) is 22.2 Å². The van der Waals surface area contributed by atoms with Gasteiger partial charge in [-0.05, 0) is 48.5 Å². The number of rotatable bonds is 5. The molecular formula is C21H16BrF3N4O4. The van der Waals surface area contributed by atoms with Crippen molar-refractivity contribution in [3.8, 4) is 11.5 Å². The minimum Gasteiger partial charge on any atom is -0.457 e. The van der Waals surface area contributed by atoms with Crippen molar-refractivity contribution in [2.24, 2.45) is 0 Å². The van der Waals surface area contributed by atoms with Crippen LogP contribution in [0, 0.1) is 0 Å². The molecule has 172 valence electrons. The van der Waals surface area contributed by atoms with Crippen LogP contribution in [0.2, 0.25) is 0 Å². The van der Waals surface area contributed by atoms with Crippen molar-refractivity contribution >= 4 is 39.2 Å². The number of pyridine rings is 1. The SMILES string of the molecule is CN(O)C(=O)c1cc(Oc2ccc(NC(=O)Nc3ccc(Br)c(C(F)(F)F)c3)cc2)ccn1. The lowest BCUT2D eigenvalue weighted by Crippen LogP contribution is -2.23. The summed E-state index contributed by atoms with van der Waals surface area (Å²) in [6.45, 7) is 0. The molecule has 1 aromatic heterocycles. The molecule has 12 heteroatoms. The Balaban J connectivity index is 1.63. The first-order valence-electron chi connectivity index (χ1n) is 9.18. The second-order valence-corrected chi connectivity index (χ2v) is 7.46. The molecule has 0 aliphatic heterocycles. The third-order valence-corrected chi connectivity index (χ3v) is 4.81. The van der Waals surface area contributed by atoms with Gasteiger partial charge in [-0.1, -0.05) is 15.9 Å². The molecule has 1 heterocycles. The molecule has 3 aromatic rings. The van der Waals surface area contributed by atoms with Crippen molar-refractivity contribution in [3.05, 3.63) is 76.5 Å². The van der Waals surface area contributed by atoms with Gasteiger partial charge in [-0.3, -0.25) is 15.0 Å². The molecule has 0 saturated heterocycles. The molecule has 0 saturated carbocycles. The third kappa shape index (κ3) is 6.43. The number of urea groups is 1. The molecule has 0 fully saturated rings. The highest BCUT2D eigenvalue weighted by Crippen LogP contribution is 2.36. The fourth-order valence-electron chi connectivity index (χ4n) is 2.61. The van der Waals surface area contributed by atoms with Crippen molar-refractivity contribution in [2.45, 2.75) is 6.18 Å². The molecule has 0 bridgehead atoms. The van der Waals surface area contributed by atoms with E-state index in [9.17, 15) is 28.0 Å². The normalized spacial score (nSPS) is 11.0. The zero-order valence-electron chi connectivity index (χ0n) is 16.9. The van der Waals surface area contributed by atoms with E-state index < -0.39 is 23.7 Å². The molecule has 33 heavy (non-hydrogen) atoms. The Morgan fingerprint density at radius 2 is 1.64 bits per heavy atom. The molecule has 0 aliphatic rings. The highest BCUT2D eigenvalue weighted by atomic mass is 79.9. The van der Waals surface area contributed by atoms with Crippen LogP contribution in [0.4, 0.5) is 29.3 Å². The van der Waals surface area contributed by atoms with Gasteiger partial charge in [-0.25, -0.2) is 9.86 Å². The smallest absolute Gasteiger partial charge is 0.417 e. The number of benzene rings is 2. The fourth-order valence-corrected chi connectivity index (χ4v) is 3.08. The van der Waals surface area contributed by atoms with Crippen LogP contribution in [0.15, 0.2) is 65.3 Å². The maximum Gasteiger partial charge on any atom is 0.417 e. The van der Waals surface area contributed by atoms with E-state index in [1.807, 2.05) is 0 Å². The third-order valence-electron chi connectivity index (χ3n) is 4.12. The van der Waals surface area contributed by atoms with E-state index in [0.717, 1.165) is 6.07 Å². The Morgan fingerprint density at radius 3 is 2.27 bits per heavy atom. The Labute approximate surface area is 194 Å². The average Bonchev–Trinajstić information content (AvgIpc) is 2.75. The lowest BCUT2D eigenvalue weighted by atomic mass is 10.2. The predicted octanol–water partition coefficient (Wildman–Crippen LogP) is 5.76. The number of amides is 3. The summed E-state index contributed by atoms with van der Waals surface area (Å²) in [6, 6.07) is 11.6. The van der Waals surface area contributed by atoms with E-state index in [4.69, 9.17) is 4.74 Å². The molecule has 3 rings (SSSR count). The second kappa shape index (κ2) is 9.88. The molecular weight excluding hydrogens is 509 g/mol. The molecule has 8 nitrogen and oxygen atoms in total. The molecule has 0 unspecified atom stereocenters. The zero-order chi connectivity index (χ0) is 24.2. The number of hydrogen-bond acceptors (Lipinski definition) is 5. The van der Waals surface area contributed by atoms with Crippen LogP contribution in [0.3, 0.4) is 0 Å². The first-order valence-corrected chi connectivity index (χ1v) is 9.98. The van der Waals surface area contributed by atoms with Gasteiger partial charge in [-0.2, -0.15) is 13.2 Å². The van der Waals surface area contributed by atoms with Gasteiger partial charge < -0.3 is 15.4 Å². The summed E-state index contributed by atoms with van der Waals surface area (Å²) in [6.07, 6.45) is -3.22. The van der Waals surface area contributed by atoms with E-state index in [1.54, 1.807) is 0 Å². The molecule has 0 radical (unpaired) electrons. The number of carbonyl (C=O) groups is 2. The predicted molar refractivity (Wildman–Crippen MR) is 116 cm³/mol. The summed E-state index contributed by atoms with van der Waals surface area (Å²) in [7, 11) is 1.17. The van der Waals surface area contributed by atoms with Crippen LogP contribution in [0.1, 0.15) is 16.1 Å². The summed E-state index contributed by atoms with van der Waals surface area (Å²) in [5.41, 5.74) is -0.595. The second-order valence-electron chi connectivity index (χ2n) is 6.60. The minimum atomic E-state index is -4.57. The van der Waals surface area contributed by atoms with Crippen molar-refractivity contribution in [1.82, 2.24) is 10.0 Å². The van der Waals surface area contributed by atoms with Crippen molar-refractivity contribution < 1.29 is 32.7 Å². The number of nitrogens with zero attached hydrogens (tertiary/aromatic N) is 2. The molecule has 3 N–H and O–H groups in total. The number of halogens is 4. The van der Waals surface area contributed by atoms with Crippen molar-refractivity contribution in [1.29, 1.82) is 0 Å². The monoisotopic (exact) mass is 524 g/mol. The van der Waals surface area contributed by atoms with Crippen LogP contribution in [-0.4, -0.2) is 34.2 Å². The van der Waals surface area contributed by atoms with Gasteiger partial charge in [0.1, 0.15) is 17.2 Å². The van der Waals surface area contributed by atoms with Gasteiger partial charge in [0.25, 0.3) is 5.91 Å². The van der Waals surface area contributed by atoms with E-state index >= 15 is 0 Å². The van der Waals surface area contributed by atoms with Crippen LogP contribution < -0.4 is 15.4 Å². The Bertz CT molecular complexity index is 1170. The molecule has 0 spiro atoms. The molecule has 3 amide bonds. The standard InChI is InChI=1S/C21H16BrF3N4O4/c1-29(32)19(30)18-11-15(8-9-26-18)33-14-5-2-12(3-6-14)27-20(31)28-13-4-7-17(22)16(10-13)21(23,24)25/h2-11,32H,1H3,(H2,27,28,31). The first-order chi connectivity index (χ1) is 15.5. The number of alkyl halides is 3. The van der Waals surface area contributed by atoms with Crippen LogP contribution in [-0.2, 0) is 6.18 Å². The summed E-state index contributed by atoms with van der Waals surface area (Å²) in [5.74, 6) is -0.0332. The average molecular weight is 525 g/mol. The van der Waals surface area contributed by atoms with Gasteiger partial charge >= 0.3 is 12.2 Å². The Morgan fingerprint density at radius 1 is 1.00 bits per heavy atom. The number of anilines is 2. The zero-order valence-corrected chi connectivity index (χ0v) is 18.4. The van der Waals surface area contributed by atoms with Crippen LogP contribution >= 0.6 is 15.9 Å². The molecule has 0 atom stereocenters. The van der Waals surface area contributed by atoms with Gasteiger partial charge in [0.05, 0.1) is 5.56 Å². The summed E-state index contributed by atoms with van der Waals surface area (Å²) in [5, 5.41) is 14.5. The summed E-state index contributed by atoms with van der Waals surface area (Å²) in [4.78, 5) is 27.8. The maximum absolute atomic E-state index is 13.0. The van der Waals surface area contributed by atoms with Gasteiger partial charge in [-0.15, -0.1) is 0 Å². The van der Waals surface area contributed by atoms with Crippen LogP contribution in [0.25, 0.3) is 0 Å². The number of nitrogens with one attached hydrogen (secondary N) is 2. The van der Waals surface area contributed by atoms with E-state index in [-0.39, 0.29) is 15.9 Å². The number of carbonyl (C=O) groups excluding carboxylic acids is 2. The maximum atomic E-state index is 13.0. The minimum absolute atomic E-state index is 0.0194. The van der Waals surface area contributed by atoms with Gasteiger partial charge in [0.2, 0.25) is 0 Å². The quantitative estimate of drug-likeness (QED) is 0.290. The van der Waals surface area contributed by atoms with Crippen molar-refractivity contribution in [2.75, 3.05) is 17.7 Å². The highest BCUT2D eigenvalue weighted by molar-refractivity contribution is 9.10. The largest absolute Gasteiger partial charge is 0.457 e. The lowest BCUT2D eigenvalue weighted by molar-refractivity contribution is -0.138. The molecule has 2 aromatic carbocycles. The lowest BCUT2D eigenvalue weighted by Gasteiger charge is -2.13. The Hall–Kier alpha value is -3.64. The van der Waals surface area contributed by atoms with Crippen molar-refractivity contribution in [3.63, 3.8) is 0 Å². The number of hydroxylamine groups is 2. The van der Waals surface area contributed by atoms with E-state index in [2.05, 4.69) is 31.5 Å². The van der Waals surface area contributed by atoms with E-state index in [1.165, 1.54) is 61.8 Å². The summed E-state index contributed by atoms with van der Waals surface area (Å²) >= 11 is 2.84. The van der Waals surface area contributed by atoms with Gasteiger partial charge in [0, 0.05) is 35.2 Å². The fraction of sp³-hybridized carbons (Fsp3) is 0.0952. The van der Waals surface area contributed by atoms with Gasteiger partial charge in [0.15, 0.2) is 0 Å². The topological polar surface area (TPSA) is 104 Å². The molecule has 0 aliphatic carbocycles. The number of ether oxygens (including phenoxy) is 1. The highest BCUT2D eigenvalue weighted by Gasteiger charge is 2.33. The Kier molecular flexibility index (Phi) is 7.19. The van der Waals surface area contributed by atoms with Crippen LogP contribution in [0.5, 0.6) is 11.5 Å². The number of aromatic nitrogens is 1. The first kappa shape index (κ1) is 24.0.